The van der Waals surface area contributed by atoms with Gasteiger partial charge in [-0.3, -0.25) is 9.59 Å². The molecule has 3 amide bonds. The lowest BCUT2D eigenvalue weighted by molar-refractivity contribution is -0.134. The van der Waals surface area contributed by atoms with E-state index in [9.17, 15) is 23.2 Å². The number of carbonyl (C=O) groups is 3. The quantitative estimate of drug-likeness (QED) is 0.495. The Morgan fingerprint density at radius 3 is 2.38 bits per heavy atom. The fourth-order valence-corrected chi connectivity index (χ4v) is 3.40. The van der Waals surface area contributed by atoms with Gasteiger partial charge in [0, 0.05) is 20.0 Å². The number of alkyl halides is 2. The van der Waals surface area contributed by atoms with Gasteiger partial charge < -0.3 is 26.0 Å². The van der Waals surface area contributed by atoms with Crippen LogP contribution >= 0.6 is 0 Å². The van der Waals surface area contributed by atoms with Crippen LogP contribution in [-0.4, -0.2) is 66.4 Å². The van der Waals surface area contributed by atoms with Crippen molar-refractivity contribution in [2.75, 3.05) is 26.7 Å². The Bertz CT molecular complexity index is 779. The summed E-state index contributed by atoms with van der Waals surface area (Å²) in [6.45, 7) is 3.73. The smallest absolute Gasteiger partial charge is 0.410 e. The van der Waals surface area contributed by atoms with Crippen LogP contribution in [0.5, 0.6) is 0 Å². The highest BCUT2D eigenvalue weighted by Gasteiger charge is 2.41. The van der Waals surface area contributed by atoms with E-state index in [0.29, 0.717) is 0 Å². The number of likely N-dealkylation sites (N-methyl/N-ethyl adjacent to an activating group) is 1. The molecular weight excluding hydrogens is 446 g/mol. The molecule has 0 aromatic heterocycles. The predicted octanol–water partition coefficient (Wildman–Crippen LogP) is 3.14. The molecule has 4 N–H and O–H groups in total. The summed E-state index contributed by atoms with van der Waals surface area (Å²) in [4.78, 5) is 36.2. The summed E-state index contributed by atoms with van der Waals surface area (Å²) < 4.78 is 31.0. The molecule has 8 nitrogen and oxygen atoms in total. The molecule has 0 aliphatic carbocycles. The van der Waals surface area contributed by atoms with Gasteiger partial charge in [0.1, 0.15) is 13.2 Å². The largest absolute Gasteiger partial charge is 0.445 e. The molecule has 1 heterocycles. The van der Waals surface area contributed by atoms with E-state index in [-0.39, 0.29) is 37.9 Å². The number of hydrogen-bond acceptors (Lipinski definition) is 5. The third-order valence-electron chi connectivity index (χ3n) is 5.55. The number of halogens is 2. The van der Waals surface area contributed by atoms with E-state index in [2.05, 4.69) is 6.92 Å². The molecule has 1 aromatic rings. The SMILES string of the molecule is CCCCCC(C)C(N)C(=O)N1CCC(F)(F)C1.CN(CC(N)=O)C(=O)OCc1ccccc1. The first-order valence-corrected chi connectivity index (χ1v) is 11.6. The number of carbonyl (C=O) groups excluding carboxylic acids is 3. The van der Waals surface area contributed by atoms with Crippen LogP contribution < -0.4 is 11.5 Å². The van der Waals surface area contributed by atoms with Crippen LogP contribution in [0.2, 0.25) is 0 Å². The lowest BCUT2D eigenvalue weighted by atomic mass is 9.95. The molecule has 0 bridgehead atoms. The van der Waals surface area contributed by atoms with E-state index in [1.165, 1.54) is 11.9 Å². The molecule has 1 aliphatic heterocycles. The summed E-state index contributed by atoms with van der Waals surface area (Å²) in [6.07, 6.45) is 3.35. The van der Waals surface area contributed by atoms with Crippen molar-refractivity contribution in [1.82, 2.24) is 9.80 Å². The molecule has 2 unspecified atom stereocenters. The Balaban J connectivity index is 0.000000342. The molecule has 192 valence electrons. The van der Waals surface area contributed by atoms with Gasteiger partial charge in [-0.15, -0.1) is 0 Å². The minimum atomic E-state index is -2.74. The predicted molar refractivity (Wildman–Crippen MR) is 126 cm³/mol. The van der Waals surface area contributed by atoms with E-state index in [0.717, 1.165) is 36.1 Å². The van der Waals surface area contributed by atoms with E-state index < -0.39 is 30.5 Å². The van der Waals surface area contributed by atoms with Crippen molar-refractivity contribution < 1.29 is 27.9 Å². The Morgan fingerprint density at radius 1 is 1.21 bits per heavy atom. The zero-order valence-corrected chi connectivity index (χ0v) is 20.3. The summed E-state index contributed by atoms with van der Waals surface area (Å²) >= 11 is 0. The Labute approximate surface area is 200 Å². The normalized spacial score (nSPS) is 16.1. The van der Waals surface area contributed by atoms with Crippen molar-refractivity contribution in [3.05, 3.63) is 35.9 Å². The van der Waals surface area contributed by atoms with Crippen LogP contribution in [-0.2, 0) is 20.9 Å². The molecule has 1 fully saturated rings. The third-order valence-corrected chi connectivity index (χ3v) is 5.55. The third kappa shape index (κ3) is 10.9. The summed E-state index contributed by atoms with van der Waals surface area (Å²) in [5.74, 6) is -3.57. The monoisotopic (exact) mass is 484 g/mol. The van der Waals surface area contributed by atoms with Gasteiger partial charge in [0.15, 0.2) is 0 Å². The second-order valence-corrected chi connectivity index (χ2v) is 8.73. The van der Waals surface area contributed by atoms with E-state index in [1.54, 1.807) is 0 Å². The number of ether oxygens (including phenoxy) is 1. The number of unbranched alkanes of at least 4 members (excludes halogenated alkanes) is 2. The minimum absolute atomic E-state index is 0.0540. The second-order valence-electron chi connectivity index (χ2n) is 8.73. The van der Waals surface area contributed by atoms with Gasteiger partial charge in [-0.1, -0.05) is 63.4 Å². The van der Waals surface area contributed by atoms with Gasteiger partial charge in [-0.2, -0.15) is 0 Å². The van der Waals surface area contributed by atoms with Crippen LogP contribution in [0, 0.1) is 5.92 Å². The van der Waals surface area contributed by atoms with Gasteiger partial charge in [-0.25, -0.2) is 13.6 Å². The summed E-state index contributed by atoms with van der Waals surface area (Å²) in [6, 6.07) is 8.65. The standard InChI is InChI=1S/C13H24F2N2O.C11H14N2O3/c1-3-4-5-6-10(2)11(16)12(18)17-8-7-13(14,15)9-17;1-13(7-10(12)14)11(15)16-8-9-5-3-2-4-6-9/h10-11H,3-9,16H2,1-2H3;2-6H,7-8H2,1H3,(H2,12,14). The minimum Gasteiger partial charge on any atom is -0.445 e. The second kappa shape index (κ2) is 14.5. The average Bonchev–Trinajstić information content (AvgIpc) is 3.16. The van der Waals surface area contributed by atoms with Crippen LogP contribution in [0.3, 0.4) is 0 Å². The molecular formula is C24H38F2N4O4. The highest BCUT2D eigenvalue weighted by Crippen LogP contribution is 2.27. The molecule has 0 spiro atoms. The maximum absolute atomic E-state index is 13.0. The highest BCUT2D eigenvalue weighted by atomic mass is 19.3. The molecule has 1 saturated heterocycles. The fraction of sp³-hybridized carbons (Fsp3) is 0.625. The zero-order valence-electron chi connectivity index (χ0n) is 20.3. The maximum atomic E-state index is 13.0. The topological polar surface area (TPSA) is 119 Å². The van der Waals surface area contributed by atoms with Crippen LogP contribution in [0.1, 0.15) is 51.5 Å². The summed E-state index contributed by atoms with van der Waals surface area (Å²) in [7, 11) is 1.46. The summed E-state index contributed by atoms with van der Waals surface area (Å²) in [5, 5.41) is 0. The van der Waals surface area contributed by atoms with Crippen molar-refractivity contribution >= 4 is 17.9 Å². The molecule has 2 atom stereocenters. The van der Waals surface area contributed by atoms with E-state index >= 15 is 0 Å². The fourth-order valence-electron chi connectivity index (χ4n) is 3.40. The van der Waals surface area contributed by atoms with Crippen LogP contribution in [0.25, 0.3) is 0 Å². The van der Waals surface area contributed by atoms with Gasteiger partial charge in [0.25, 0.3) is 5.92 Å². The first kappa shape index (κ1) is 29.3. The van der Waals surface area contributed by atoms with Crippen LogP contribution in [0.4, 0.5) is 13.6 Å². The highest BCUT2D eigenvalue weighted by molar-refractivity contribution is 5.82. The molecule has 2 rings (SSSR count). The number of nitrogens with zero attached hydrogens (tertiary/aromatic N) is 2. The Hall–Kier alpha value is -2.75. The van der Waals surface area contributed by atoms with Gasteiger partial charge in [0.05, 0.1) is 12.6 Å². The zero-order chi connectivity index (χ0) is 25.7. The molecule has 34 heavy (non-hydrogen) atoms. The molecule has 10 heteroatoms. The van der Waals surface area contributed by atoms with Crippen molar-refractivity contribution in [3.8, 4) is 0 Å². The Kier molecular flexibility index (Phi) is 12.5. The Morgan fingerprint density at radius 2 is 1.85 bits per heavy atom. The number of hydrogen-bond donors (Lipinski definition) is 2. The first-order valence-electron chi connectivity index (χ1n) is 11.6. The lowest BCUT2D eigenvalue weighted by Gasteiger charge is -2.24. The van der Waals surface area contributed by atoms with Crippen molar-refractivity contribution in [2.45, 2.75) is 64.5 Å². The molecule has 0 saturated carbocycles. The number of primary amides is 1. The summed E-state index contributed by atoms with van der Waals surface area (Å²) in [5.41, 5.74) is 11.7. The number of rotatable bonds is 10. The van der Waals surface area contributed by atoms with Gasteiger partial charge in [0.2, 0.25) is 11.8 Å². The van der Waals surface area contributed by atoms with Crippen LogP contribution in [0.15, 0.2) is 30.3 Å². The van der Waals surface area contributed by atoms with Crippen molar-refractivity contribution in [1.29, 1.82) is 0 Å². The van der Waals surface area contributed by atoms with E-state index in [1.807, 2.05) is 37.3 Å². The number of amides is 3. The van der Waals surface area contributed by atoms with Gasteiger partial charge in [-0.05, 0) is 17.9 Å². The maximum Gasteiger partial charge on any atom is 0.410 e. The number of nitrogens with two attached hydrogens (primary N) is 2. The van der Waals surface area contributed by atoms with E-state index in [4.69, 9.17) is 16.2 Å². The van der Waals surface area contributed by atoms with Gasteiger partial charge >= 0.3 is 6.09 Å². The number of benzene rings is 1. The lowest BCUT2D eigenvalue weighted by Crippen LogP contribution is -2.46. The molecule has 0 radical (unpaired) electrons. The number of likely N-dealkylation sites (tertiary alicyclic amines) is 1. The van der Waals surface area contributed by atoms with Crippen molar-refractivity contribution in [2.24, 2.45) is 17.4 Å². The molecule has 1 aliphatic rings. The average molecular weight is 485 g/mol. The van der Waals surface area contributed by atoms with Crippen molar-refractivity contribution in [3.63, 3.8) is 0 Å². The molecule has 1 aromatic carbocycles. The first-order chi connectivity index (χ1) is 16.0.